The van der Waals surface area contributed by atoms with Crippen LogP contribution in [0.4, 0.5) is 4.39 Å². The van der Waals surface area contributed by atoms with E-state index in [0.717, 1.165) is 5.56 Å². The molecule has 0 saturated carbocycles. The molecule has 0 aliphatic carbocycles. The van der Waals surface area contributed by atoms with E-state index in [2.05, 4.69) is 15.9 Å². The normalized spacial score (nSPS) is 10.4. The molecule has 0 aliphatic heterocycles. The number of hydrogen-bond acceptors (Lipinski definition) is 4. The van der Waals surface area contributed by atoms with Crippen LogP contribution >= 0.6 is 15.9 Å². The van der Waals surface area contributed by atoms with Gasteiger partial charge in [-0.15, -0.1) is 0 Å². The average molecular weight is 390 g/mol. The summed E-state index contributed by atoms with van der Waals surface area (Å²) in [5, 5.41) is 8.43. The quantitative estimate of drug-likeness (QED) is 0.547. The molecule has 2 aromatic rings. The Kier molecular flexibility index (Phi) is 6.52. The summed E-state index contributed by atoms with van der Waals surface area (Å²) in [6.07, 6.45) is 2.84. The number of benzene rings is 2. The maximum Gasteiger partial charge on any atom is 0.331 e. The monoisotopic (exact) mass is 389 g/mol. The maximum absolute atomic E-state index is 13.6. The lowest BCUT2D eigenvalue weighted by Crippen LogP contribution is -2.02. The van der Waals surface area contributed by atoms with Gasteiger partial charge in [-0.1, -0.05) is 34.1 Å². The van der Waals surface area contributed by atoms with E-state index < -0.39 is 11.8 Å². The van der Waals surface area contributed by atoms with E-state index in [0.29, 0.717) is 15.8 Å². The van der Waals surface area contributed by atoms with Crippen molar-refractivity contribution in [3.63, 3.8) is 0 Å². The second-order valence-corrected chi connectivity index (χ2v) is 5.61. The summed E-state index contributed by atoms with van der Waals surface area (Å²) in [5.74, 6) is -0.432. The van der Waals surface area contributed by atoms with E-state index in [1.165, 1.54) is 12.1 Å². The molecule has 2 aromatic carbocycles. The minimum absolute atomic E-state index is 0.0197. The number of halogens is 2. The van der Waals surface area contributed by atoms with Crippen LogP contribution in [0.25, 0.3) is 6.08 Å². The highest BCUT2D eigenvalue weighted by molar-refractivity contribution is 9.10. The van der Waals surface area contributed by atoms with E-state index in [9.17, 15) is 9.18 Å². The van der Waals surface area contributed by atoms with Crippen molar-refractivity contribution >= 4 is 28.0 Å². The molecule has 0 amide bonds. The first kappa shape index (κ1) is 17.7. The molecule has 0 spiro atoms. The van der Waals surface area contributed by atoms with Gasteiger partial charge in [-0.2, -0.15) is 5.26 Å². The predicted molar refractivity (Wildman–Crippen MR) is 90.5 cm³/mol. The fourth-order valence-electron chi connectivity index (χ4n) is 1.79. The molecule has 0 aliphatic rings. The number of nitrogens with zero attached hydrogens (tertiary/aromatic N) is 1. The summed E-state index contributed by atoms with van der Waals surface area (Å²) in [4.78, 5) is 11.7. The third-order valence-electron chi connectivity index (χ3n) is 2.98. The van der Waals surface area contributed by atoms with Gasteiger partial charge in [-0.05, 0) is 35.9 Å². The van der Waals surface area contributed by atoms with Gasteiger partial charge in [0.05, 0.1) is 0 Å². The Hall–Kier alpha value is -2.65. The van der Waals surface area contributed by atoms with Crippen molar-refractivity contribution in [1.82, 2.24) is 0 Å². The van der Waals surface area contributed by atoms with Crippen LogP contribution in [0, 0.1) is 17.1 Å². The minimum atomic E-state index is -0.567. The predicted octanol–water partition coefficient (Wildman–Crippen LogP) is 4.25. The van der Waals surface area contributed by atoms with Crippen LogP contribution in [0.15, 0.2) is 53.0 Å². The van der Waals surface area contributed by atoms with Gasteiger partial charge in [0.1, 0.15) is 24.2 Å². The van der Waals surface area contributed by atoms with Crippen molar-refractivity contribution in [2.45, 2.75) is 6.61 Å². The van der Waals surface area contributed by atoms with E-state index in [4.69, 9.17) is 14.7 Å². The maximum atomic E-state index is 13.6. The molecule has 0 atom stereocenters. The van der Waals surface area contributed by atoms with Crippen molar-refractivity contribution in [3.8, 4) is 11.8 Å². The van der Waals surface area contributed by atoms with E-state index in [-0.39, 0.29) is 13.2 Å². The van der Waals surface area contributed by atoms with Crippen molar-refractivity contribution in [2.24, 2.45) is 0 Å². The van der Waals surface area contributed by atoms with Gasteiger partial charge in [0, 0.05) is 16.1 Å². The second kappa shape index (κ2) is 8.85. The largest absolute Gasteiger partial charge is 0.479 e. The third kappa shape index (κ3) is 5.52. The van der Waals surface area contributed by atoms with E-state index >= 15 is 0 Å². The van der Waals surface area contributed by atoms with Crippen LogP contribution in [-0.2, 0) is 16.1 Å². The Morgan fingerprint density at radius 2 is 2.00 bits per heavy atom. The molecule has 0 aromatic heterocycles. The first-order valence-corrected chi connectivity index (χ1v) is 7.76. The van der Waals surface area contributed by atoms with Crippen LogP contribution in [0.2, 0.25) is 0 Å². The second-order valence-electron chi connectivity index (χ2n) is 4.69. The Morgan fingerprint density at radius 3 is 2.67 bits per heavy atom. The van der Waals surface area contributed by atoms with Gasteiger partial charge in [0.2, 0.25) is 0 Å². The summed E-state index contributed by atoms with van der Waals surface area (Å²) in [5.41, 5.74) is 1.07. The fourth-order valence-corrected chi connectivity index (χ4v) is 2.12. The number of rotatable bonds is 6. The van der Waals surface area contributed by atoms with Gasteiger partial charge in [0.15, 0.2) is 6.61 Å². The van der Waals surface area contributed by atoms with Gasteiger partial charge < -0.3 is 9.47 Å². The Bertz CT molecular complexity index is 782. The molecule has 0 bridgehead atoms. The van der Waals surface area contributed by atoms with Crippen LogP contribution in [0.3, 0.4) is 0 Å². The standard InChI is InChI=1S/C18H13BrFNO3/c19-15-5-4-14(17(20)11-15)12-24-18(22)8-3-13-1-6-16(7-2-13)23-10-9-21/h1-8,11H,10,12H2/b8-3+. The molecular weight excluding hydrogens is 377 g/mol. The fraction of sp³-hybridized carbons (Fsp3) is 0.111. The van der Waals surface area contributed by atoms with Crippen molar-refractivity contribution < 1.29 is 18.7 Å². The summed E-state index contributed by atoms with van der Waals surface area (Å²) in [7, 11) is 0. The Morgan fingerprint density at radius 1 is 1.25 bits per heavy atom. The Balaban J connectivity index is 1.87. The van der Waals surface area contributed by atoms with E-state index in [1.54, 1.807) is 42.5 Å². The smallest absolute Gasteiger partial charge is 0.331 e. The number of carbonyl (C=O) groups is 1. The molecule has 4 nitrogen and oxygen atoms in total. The number of esters is 1. The number of nitriles is 1. The number of ether oxygens (including phenoxy) is 2. The molecule has 0 radical (unpaired) electrons. The molecule has 2 rings (SSSR count). The van der Waals surface area contributed by atoms with Crippen LogP contribution in [0.5, 0.6) is 5.75 Å². The lowest BCUT2D eigenvalue weighted by Gasteiger charge is -2.04. The average Bonchev–Trinajstić information content (AvgIpc) is 2.58. The van der Waals surface area contributed by atoms with Crippen molar-refractivity contribution in [1.29, 1.82) is 5.26 Å². The van der Waals surface area contributed by atoms with Crippen LogP contribution < -0.4 is 4.74 Å². The van der Waals surface area contributed by atoms with Gasteiger partial charge >= 0.3 is 5.97 Å². The number of carbonyl (C=O) groups excluding carboxylic acids is 1. The lowest BCUT2D eigenvalue weighted by atomic mass is 10.2. The molecule has 0 saturated heterocycles. The van der Waals surface area contributed by atoms with Gasteiger partial charge in [-0.25, -0.2) is 9.18 Å². The molecular formula is C18H13BrFNO3. The summed E-state index contributed by atoms with van der Waals surface area (Å²) in [6, 6.07) is 13.3. The number of hydrogen-bond donors (Lipinski definition) is 0. The molecule has 122 valence electrons. The zero-order valence-electron chi connectivity index (χ0n) is 12.5. The molecule has 24 heavy (non-hydrogen) atoms. The topological polar surface area (TPSA) is 59.3 Å². The van der Waals surface area contributed by atoms with Gasteiger partial charge in [-0.3, -0.25) is 0 Å². The molecule has 0 heterocycles. The van der Waals surface area contributed by atoms with E-state index in [1.807, 2.05) is 6.07 Å². The lowest BCUT2D eigenvalue weighted by molar-refractivity contribution is -0.138. The van der Waals surface area contributed by atoms with Crippen molar-refractivity contribution in [3.05, 3.63) is 70.0 Å². The Labute approximate surface area is 147 Å². The third-order valence-corrected chi connectivity index (χ3v) is 3.47. The van der Waals surface area contributed by atoms with Gasteiger partial charge in [0.25, 0.3) is 0 Å². The molecule has 0 unspecified atom stereocenters. The van der Waals surface area contributed by atoms with Crippen LogP contribution in [-0.4, -0.2) is 12.6 Å². The molecule has 0 N–H and O–H groups in total. The highest BCUT2D eigenvalue weighted by Crippen LogP contribution is 2.16. The first-order valence-electron chi connectivity index (χ1n) is 6.97. The first-order chi connectivity index (χ1) is 11.6. The zero-order chi connectivity index (χ0) is 17.4. The van der Waals surface area contributed by atoms with Crippen LogP contribution in [0.1, 0.15) is 11.1 Å². The highest BCUT2D eigenvalue weighted by Gasteiger charge is 2.05. The summed E-state index contributed by atoms with van der Waals surface area (Å²) >= 11 is 3.16. The summed E-state index contributed by atoms with van der Waals surface area (Å²) < 4.78 is 24.4. The zero-order valence-corrected chi connectivity index (χ0v) is 14.1. The molecule has 6 heteroatoms. The SMILES string of the molecule is N#CCOc1ccc(/C=C/C(=O)OCc2ccc(Br)cc2F)cc1. The summed E-state index contributed by atoms with van der Waals surface area (Å²) in [6.45, 7) is -0.155. The molecule has 0 fully saturated rings. The minimum Gasteiger partial charge on any atom is -0.479 e. The van der Waals surface area contributed by atoms with Crippen molar-refractivity contribution in [2.75, 3.05) is 6.61 Å². The highest BCUT2D eigenvalue weighted by atomic mass is 79.9.